The number of hydrogen-bond acceptors (Lipinski definition) is 4. The highest BCUT2D eigenvalue weighted by atomic mass is 16.8. The molecule has 0 saturated heterocycles. The number of carbonyl (C=O) groups is 2. The molecule has 0 aromatic heterocycles. The molecule has 1 atom stereocenters. The van der Waals surface area contributed by atoms with Gasteiger partial charge >= 0.3 is 12.1 Å². The highest BCUT2D eigenvalue weighted by molar-refractivity contribution is 5.81. The number of rotatable bonds is 5. The van der Waals surface area contributed by atoms with Gasteiger partial charge in [0.25, 0.3) is 6.29 Å². The summed E-state index contributed by atoms with van der Waals surface area (Å²) in [5.74, 6) is -0.695. The normalized spacial score (nSPS) is 11.5. The van der Waals surface area contributed by atoms with E-state index in [1.54, 1.807) is 0 Å². The van der Waals surface area contributed by atoms with Gasteiger partial charge in [-0.05, 0) is 6.42 Å². The zero-order valence-corrected chi connectivity index (χ0v) is 7.36. The minimum Gasteiger partial charge on any atom is -0.450 e. The first-order valence-corrected chi connectivity index (χ1v) is 3.82. The first-order chi connectivity index (χ1) is 6.10. The van der Waals surface area contributed by atoms with Crippen molar-refractivity contribution in [1.82, 2.24) is 0 Å². The van der Waals surface area contributed by atoms with Crippen LogP contribution in [0.25, 0.3) is 0 Å². The third-order valence-electron chi connectivity index (χ3n) is 1.17. The van der Waals surface area contributed by atoms with Crippen molar-refractivity contribution in [3.63, 3.8) is 0 Å². The molecule has 0 radical (unpaired) electrons. The molecule has 0 rings (SSSR count). The Labute approximate surface area is 75.9 Å². The molecule has 0 aliphatic rings. The number of ether oxygens (including phenoxy) is 2. The first-order valence-electron chi connectivity index (χ1n) is 3.82. The Morgan fingerprint density at radius 1 is 1.54 bits per heavy atom. The van der Waals surface area contributed by atoms with Gasteiger partial charge in [0.15, 0.2) is 0 Å². The lowest BCUT2D eigenvalue weighted by Gasteiger charge is -2.14. The van der Waals surface area contributed by atoms with Gasteiger partial charge < -0.3 is 14.6 Å². The van der Waals surface area contributed by atoms with E-state index in [9.17, 15) is 9.59 Å². The molecule has 0 amide bonds. The Morgan fingerprint density at radius 2 is 2.15 bits per heavy atom. The predicted molar refractivity (Wildman–Crippen MR) is 44.1 cm³/mol. The van der Waals surface area contributed by atoms with Gasteiger partial charge in [-0.2, -0.15) is 0 Å². The van der Waals surface area contributed by atoms with Crippen molar-refractivity contribution in [2.75, 3.05) is 0 Å². The van der Waals surface area contributed by atoms with Crippen LogP contribution < -0.4 is 0 Å². The molecule has 0 spiro atoms. The summed E-state index contributed by atoms with van der Waals surface area (Å²) in [6, 6.07) is 0. The van der Waals surface area contributed by atoms with E-state index < -0.39 is 18.4 Å². The highest BCUT2D eigenvalue weighted by Crippen LogP contribution is 2.04. The number of esters is 1. The monoisotopic (exact) mass is 188 g/mol. The van der Waals surface area contributed by atoms with Crippen LogP contribution in [0.1, 0.15) is 19.8 Å². The second kappa shape index (κ2) is 6.05. The summed E-state index contributed by atoms with van der Waals surface area (Å²) in [6.07, 6.45) is -0.550. The Morgan fingerprint density at radius 3 is 2.54 bits per heavy atom. The molecule has 74 valence electrons. The standard InChI is InChI=1S/C8H12O5/c1-3-5-7(13-8(10)11)12-6(9)4-2/h4,7H,2-3,5H2,1H3,(H,10,11). The molecule has 0 aliphatic heterocycles. The molecule has 0 aromatic rings. The zero-order valence-electron chi connectivity index (χ0n) is 7.36. The fourth-order valence-corrected chi connectivity index (χ4v) is 0.668. The van der Waals surface area contributed by atoms with Crippen LogP contribution in [0.4, 0.5) is 4.79 Å². The summed E-state index contributed by atoms with van der Waals surface area (Å²) in [5.41, 5.74) is 0. The van der Waals surface area contributed by atoms with Crippen LogP contribution in [0.3, 0.4) is 0 Å². The van der Waals surface area contributed by atoms with E-state index >= 15 is 0 Å². The SMILES string of the molecule is C=CC(=O)OC(CCC)OC(=O)O. The van der Waals surface area contributed by atoms with Gasteiger partial charge in [-0.25, -0.2) is 9.59 Å². The smallest absolute Gasteiger partial charge is 0.450 e. The second-order valence-electron chi connectivity index (χ2n) is 2.24. The van der Waals surface area contributed by atoms with Crippen molar-refractivity contribution >= 4 is 12.1 Å². The quantitative estimate of drug-likeness (QED) is 0.402. The van der Waals surface area contributed by atoms with Crippen LogP contribution in [0.5, 0.6) is 0 Å². The minimum atomic E-state index is -1.46. The summed E-state index contributed by atoms with van der Waals surface area (Å²) in [6.45, 7) is 4.99. The van der Waals surface area contributed by atoms with Crippen LogP contribution in [-0.2, 0) is 14.3 Å². The largest absolute Gasteiger partial charge is 0.508 e. The fourth-order valence-electron chi connectivity index (χ4n) is 0.668. The molecule has 1 N–H and O–H groups in total. The topological polar surface area (TPSA) is 72.8 Å². The molecule has 1 unspecified atom stereocenters. The summed E-state index contributed by atoms with van der Waals surface area (Å²) in [7, 11) is 0. The Kier molecular flexibility index (Phi) is 5.34. The molecule has 5 nitrogen and oxygen atoms in total. The maximum absolute atomic E-state index is 10.7. The predicted octanol–water partition coefficient (Wildman–Crippen LogP) is 1.54. The van der Waals surface area contributed by atoms with Crippen molar-refractivity contribution in [2.45, 2.75) is 26.1 Å². The maximum atomic E-state index is 10.7. The van der Waals surface area contributed by atoms with Crippen molar-refractivity contribution in [3.8, 4) is 0 Å². The molecular formula is C8H12O5. The molecule has 0 aromatic carbocycles. The molecule has 5 heteroatoms. The summed E-state index contributed by atoms with van der Waals surface area (Å²) < 4.78 is 8.88. The average Bonchev–Trinajstić information content (AvgIpc) is 2.03. The fraction of sp³-hybridized carbons (Fsp3) is 0.500. The van der Waals surface area contributed by atoms with Crippen LogP contribution in [0.2, 0.25) is 0 Å². The van der Waals surface area contributed by atoms with E-state index in [2.05, 4.69) is 16.1 Å². The van der Waals surface area contributed by atoms with Gasteiger partial charge in [0.2, 0.25) is 0 Å². The van der Waals surface area contributed by atoms with E-state index in [4.69, 9.17) is 5.11 Å². The van der Waals surface area contributed by atoms with E-state index in [0.717, 1.165) is 6.08 Å². The third-order valence-corrected chi connectivity index (χ3v) is 1.17. The van der Waals surface area contributed by atoms with Crippen LogP contribution >= 0.6 is 0 Å². The van der Waals surface area contributed by atoms with Gasteiger partial charge in [0, 0.05) is 12.5 Å². The minimum absolute atomic E-state index is 0.339. The molecule has 0 heterocycles. The molecule has 0 aliphatic carbocycles. The van der Waals surface area contributed by atoms with E-state index in [0.29, 0.717) is 12.8 Å². The van der Waals surface area contributed by atoms with E-state index in [1.165, 1.54) is 0 Å². The van der Waals surface area contributed by atoms with Gasteiger partial charge in [0.05, 0.1) is 0 Å². The van der Waals surface area contributed by atoms with Gasteiger partial charge in [-0.1, -0.05) is 13.5 Å². The maximum Gasteiger partial charge on any atom is 0.508 e. The van der Waals surface area contributed by atoms with Crippen LogP contribution in [-0.4, -0.2) is 23.5 Å². The lowest BCUT2D eigenvalue weighted by molar-refractivity contribution is -0.165. The molecule has 0 fully saturated rings. The lowest BCUT2D eigenvalue weighted by atomic mass is 10.3. The van der Waals surface area contributed by atoms with E-state index in [1.807, 2.05) is 6.92 Å². The average molecular weight is 188 g/mol. The van der Waals surface area contributed by atoms with E-state index in [-0.39, 0.29) is 0 Å². The van der Waals surface area contributed by atoms with Crippen molar-refractivity contribution in [2.24, 2.45) is 0 Å². The Hall–Kier alpha value is -1.52. The zero-order chi connectivity index (χ0) is 10.3. The first kappa shape index (κ1) is 11.5. The molecular weight excluding hydrogens is 176 g/mol. The molecule has 0 saturated carbocycles. The van der Waals surface area contributed by atoms with Gasteiger partial charge in [-0.3, -0.25) is 0 Å². The van der Waals surface area contributed by atoms with Crippen LogP contribution in [0.15, 0.2) is 12.7 Å². The Bertz CT molecular complexity index is 199. The van der Waals surface area contributed by atoms with Crippen molar-refractivity contribution < 1.29 is 24.2 Å². The third kappa shape index (κ3) is 5.72. The molecule has 13 heavy (non-hydrogen) atoms. The number of carbonyl (C=O) groups excluding carboxylic acids is 1. The summed E-state index contributed by atoms with van der Waals surface area (Å²) in [4.78, 5) is 20.8. The second-order valence-corrected chi connectivity index (χ2v) is 2.24. The number of carboxylic acid groups (broad SMARTS) is 1. The van der Waals surface area contributed by atoms with Gasteiger partial charge in [0.1, 0.15) is 0 Å². The lowest BCUT2D eigenvalue weighted by Crippen LogP contribution is -2.22. The summed E-state index contributed by atoms with van der Waals surface area (Å²) in [5, 5.41) is 8.26. The summed E-state index contributed by atoms with van der Waals surface area (Å²) >= 11 is 0. The van der Waals surface area contributed by atoms with Crippen LogP contribution in [0, 0.1) is 0 Å². The Balaban J connectivity index is 4.00. The van der Waals surface area contributed by atoms with Gasteiger partial charge in [-0.15, -0.1) is 0 Å². The van der Waals surface area contributed by atoms with Crippen molar-refractivity contribution in [3.05, 3.63) is 12.7 Å². The van der Waals surface area contributed by atoms with Crippen molar-refractivity contribution in [1.29, 1.82) is 0 Å². The molecule has 0 bridgehead atoms. The number of hydrogen-bond donors (Lipinski definition) is 1. The highest BCUT2D eigenvalue weighted by Gasteiger charge is 2.15.